The first-order chi connectivity index (χ1) is 8.66. The zero-order valence-corrected chi connectivity index (χ0v) is 11.2. The van der Waals surface area contributed by atoms with Crippen molar-refractivity contribution in [3.05, 3.63) is 35.4 Å². The van der Waals surface area contributed by atoms with Crippen LogP contribution < -0.4 is 0 Å². The normalized spacial score (nSPS) is 12.5. The summed E-state index contributed by atoms with van der Waals surface area (Å²) in [6.07, 6.45) is -4.29. The highest BCUT2D eigenvalue weighted by molar-refractivity contribution is 5.88. The van der Waals surface area contributed by atoms with E-state index in [1.54, 1.807) is 20.8 Å². The average molecular weight is 274 g/mol. The molecule has 1 rings (SSSR count). The number of benzene rings is 1. The van der Waals surface area contributed by atoms with Crippen LogP contribution in [-0.4, -0.2) is 18.0 Å². The molecule has 0 unspecified atom stereocenters. The van der Waals surface area contributed by atoms with Gasteiger partial charge in [-0.1, -0.05) is 12.1 Å². The van der Waals surface area contributed by atoms with Crippen LogP contribution in [0.25, 0.3) is 0 Å². The summed E-state index contributed by atoms with van der Waals surface area (Å²) >= 11 is 0. The second kappa shape index (κ2) is 5.74. The van der Waals surface area contributed by atoms with Crippen molar-refractivity contribution in [1.29, 1.82) is 0 Å². The molecule has 0 saturated heterocycles. The van der Waals surface area contributed by atoms with Crippen LogP contribution in [0.4, 0.5) is 13.2 Å². The minimum Gasteiger partial charge on any atom is -0.368 e. The molecular weight excluding hydrogens is 257 g/mol. The van der Waals surface area contributed by atoms with E-state index >= 15 is 0 Å². The number of rotatable bonds is 5. The largest absolute Gasteiger partial charge is 0.416 e. The molecule has 0 N–H and O–H groups in total. The van der Waals surface area contributed by atoms with Gasteiger partial charge in [0.25, 0.3) is 0 Å². The van der Waals surface area contributed by atoms with Crippen molar-refractivity contribution in [2.24, 2.45) is 0 Å². The van der Waals surface area contributed by atoms with Gasteiger partial charge in [0.2, 0.25) is 0 Å². The molecule has 1 aromatic rings. The van der Waals surface area contributed by atoms with Gasteiger partial charge in [-0.3, -0.25) is 4.79 Å². The number of alkyl halides is 3. The summed E-state index contributed by atoms with van der Waals surface area (Å²) in [6, 6.07) is 4.61. The second-order valence-electron chi connectivity index (χ2n) is 4.74. The Kier molecular flexibility index (Phi) is 4.74. The van der Waals surface area contributed by atoms with E-state index in [2.05, 4.69) is 0 Å². The molecule has 0 heterocycles. The molecule has 0 spiro atoms. The highest BCUT2D eigenvalue weighted by Gasteiger charge is 2.31. The van der Waals surface area contributed by atoms with Crippen LogP contribution in [0.2, 0.25) is 0 Å². The lowest BCUT2D eigenvalue weighted by atomic mass is 9.96. The maximum atomic E-state index is 12.4. The number of hydrogen-bond donors (Lipinski definition) is 0. The lowest BCUT2D eigenvalue weighted by Crippen LogP contribution is -2.36. The first-order valence-electron chi connectivity index (χ1n) is 6.00. The number of Topliss-reactive ketones (excluding diaryl/α,β-unsaturated/α-hetero) is 1. The van der Waals surface area contributed by atoms with Crippen molar-refractivity contribution in [2.75, 3.05) is 6.61 Å². The van der Waals surface area contributed by atoms with Crippen molar-refractivity contribution in [2.45, 2.75) is 39.0 Å². The van der Waals surface area contributed by atoms with E-state index in [1.165, 1.54) is 12.1 Å². The van der Waals surface area contributed by atoms with Crippen molar-refractivity contribution < 1.29 is 22.7 Å². The van der Waals surface area contributed by atoms with E-state index < -0.39 is 17.3 Å². The number of halogens is 3. The quantitative estimate of drug-likeness (QED) is 0.819. The summed E-state index contributed by atoms with van der Waals surface area (Å²) < 4.78 is 42.5. The van der Waals surface area contributed by atoms with E-state index in [0.717, 1.165) is 12.1 Å². The predicted octanol–water partition coefficient (Wildman–Crippen LogP) is 3.63. The molecule has 0 aliphatic heterocycles. The van der Waals surface area contributed by atoms with Gasteiger partial charge in [-0.2, -0.15) is 13.2 Å². The summed E-state index contributed by atoms with van der Waals surface area (Å²) in [5.41, 5.74) is -1.09. The van der Waals surface area contributed by atoms with E-state index in [9.17, 15) is 18.0 Å². The van der Waals surface area contributed by atoms with E-state index in [-0.39, 0.29) is 12.2 Å². The Morgan fingerprint density at radius 1 is 1.16 bits per heavy atom. The van der Waals surface area contributed by atoms with Crippen LogP contribution in [0.3, 0.4) is 0 Å². The fourth-order valence-electron chi connectivity index (χ4n) is 1.65. The zero-order chi connectivity index (χ0) is 14.7. The maximum Gasteiger partial charge on any atom is 0.416 e. The van der Waals surface area contributed by atoms with E-state index in [4.69, 9.17) is 4.74 Å². The molecule has 5 heteroatoms. The summed E-state index contributed by atoms with van der Waals surface area (Å²) in [4.78, 5) is 12.0. The lowest BCUT2D eigenvalue weighted by molar-refractivity contribution is -0.139. The number of carbonyl (C=O) groups excluding carboxylic acids is 1. The van der Waals surface area contributed by atoms with E-state index in [0.29, 0.717) is 12.2 Å². The average Bonchev–Trinajstić information content (AvgIpc) is 2.28. The number of hydrogen-bond acceptors (Lipinski definition) is 2. The van der Waals surface area contributed by atoms with Crippen LogP contribution in [0.5, 0.6) is 0 Å². The molecule has 0 radical (unpaired) electrons. The number of ether oxygens (including phenoxy) is 1. The fraction of sp³-hybridized carbons (Fsp3) is 0.500. The molecular formula is C14H17F3O2. The molecule has 0 atom stereocenters. The highest BCUT2D eigenvalue weighted by Crippen LogP contribution is 2.29. The zero-order valence-electron chi connectivity index (χ0n) is 11.2. The number of carbonyl (C=O) groups is 1. The van der Waals surface area contributed by atoms with Gasteiger partial charge < -0.3 is 4.74 Å². The van der Waals surface area contributed by atoms with Crippen LogP contribution in [0, 0.1) is 0 Å². The van der Waals surface area contributed by atoms with Gasteiger partial charge in [0, 0.05) is 13.0 Å². The highest BCUT2D eigenvalue weighted by atomic mass is 19.4. The van der Waals surface area contributed by atoms with Gasteiger partial charge in [0.15, 0.2) is 5.78 Å². The summed E-state index contributed by atoms with van der Waals surface area (Å²) in [5.74, 6) is -0.158. The van der Waals surface area contributed by atoms with Crippen molar-refractivity contribution in [3.63, 3.8) is 0 Å². The Morgan fingerprint density at radius 2 is 1.68 bits per heavy atom. The Labute approximate surface area is 110 Å². The van der Waals surface area contributed by atoms with Crippen molar-refractivity contribution in [3.8, 4) is 0 Å². The van der Waals surface area contributed by atoms with Crippen LogP contribution >= 0.6 is 0 Å². The molecule has 1 aromatic carbocycles. The molecule has 0 saturated carbocycles. The Morgan fingerprint density at radius 3 is 2.11 bits per heavy atom. The molecule has 0 aliphatic rings. The van der Waals surface area contributed by atoms with Gasteiger partial charge in [-0.15, -0.1) is 0 Å². The molecule has 0 fully saturated rings. The third kappa shape index (κ3) is 4.35. The van der Waals surface area contributed by atoms with Gasteiger partial charge in [-0.05, 0) is 38.5 Å². The van der Waals surface area contributed by atoms with Gasteiger partial charge in [-0.25, -0.2) is 0 Å². The van der Waals surface area contributed by atoms with Crippen LogP contribution in [0.15, 0.2) is 24.3 Å². The third-order valence-corrected chi connectivity index (χ3v) is 2.82. The smallest absolute Gasteiger partial charge is 0.368 e. The Hall–Kier alpha value is -1.36. The molecule has 0 aromatic heterocycles. The van der Waals surface area contributed by atoms with Gasteiger partial charge in [0.1, 0.15) is 5.60 Å². The summed E-state index contributed by atoms with van der Waals surface area (Å²) in [7, 11) is 0. The lowest BCUT2D eigenvalue weighted by Gasteiger charge is -2.23. The Balaban J connectivity index is 2.76. The molecule has 0 bridgehead atoms. The predicted molar refractivity (Wildman–Crippen MR) is 65.9 cm³/mol. The summed E-state index contributed by atoms with van der Waals surface area (Å²) in [6.45, 7) is 5.50. The van der Waals surface area contributed by atoms with Gasteiger partial charge >= 0.3 is 6.18 Å². The van der Waals surface area contributed by atoms with Crippen molar-refractivity contribution in [1.82, 2.24) is 0 Å². The number of ketones is 1. The molecule has 0 amide bonds. The minimum atomic E-state index is -4.35. The second-order valence-corrected chi connectivity index (χ2v) is 4.74. The molecule has 106 valence electrons. The molecule has 0 aliphatic carbocycles. The van der Waals surface area contributed by atoms with Crippen LogP contribution in [-0.2, 0) is 22.1 Å². The Bertz CT molecular complexity index is 433. The summed E-state index contributed by atoms with van der Waals surface area (Å²) in [5, 5.41) is 0. The van der Waals surface area contributed by atoms with Gasteiger partial charge in [0.05, 0.1) is 5.56 Å². The minimum absolute atomic E-state index is 0.0607. The van der Waals surface area contributed by atoms with Crippen LogP contribution in [0.1, 0.15) is 31.9 Å². The first-order valence-corrected chi connectivity index (χ1v) is 6.00. The maximum absolute atomic E-state index is 12.4. The van der Waals surface area contributed by atoms with Crippen molar-refractivity contribution >= 4 is 5.78 Å². The monoisotopic (exact) mass is 274 g/mol. The first kappa shape index (κ1) is 15.7. The van der Waals surface area contributed by atoms with E-state index in [1.807, 2.05) is 0 Å². The standard InChI is InChI=1S/C14H17F3O2/c1-4-19-13(2,3)12(18)9-10-5-7-11(8-6-10)14(15,16)17/h5-8H,4,9H2,1-3H3. The molecule has 19 heavy (non-hydrogen) atoms. The SMILES string of the molecule is CCOC(C)(C)C(=O)Cc1ccc(C(F)(F)F)cc1. The topological polar surface area (TPSA) is 26.3 Å². The third-order valence-electron chi connectivity index (χ3n) is 2.82. The fourth-order valence-corrected chi connectivity index (χ4v) is 1.65. The molecule has 2 nitrogen and oxygen atoms in total.